The molecule has 1 aliphatic carbocycles. The van der Waals surface area contributed by atoms with Crippen molar-refractivity contribution in [1.82, 2.24) is 0 Å². The van der Waals surface area contributed by atoms with Crippen molar-refractivity contribution in [3.63, 3.8) is 0 Å². The van der Waals surface area contributed by atoms with Gasteiger partial charge in [0.25, 0.3) is 0 Å². The summed E-state index contributed by atoms with van der Waals surface area (Å²) in [5, 5.41) is 0.402. The van der Waals surface area contributed by atoms with Gasteiger partial charge in [0, 0.05) is 6.07 Å². The van der Waals surface area contributed by atoms with E-state index in [1.165, 1.54) is 12.3 Å². The maximum absolute atomic E-state index is 11.7. The Labute approximate surface area is 107 Å². The Kier molecular flexibility index (Phi) is 2.59. The van der Waals surface area contributed by atoms with Gasteiger partial charge in [0.05, 0.1) is 11.3 Å². The Balaban J connectivity index is 1.98. The molecule has 0 saturated heterocycles. The summed E-state index contributed by atoms with van der Waals surface area (Å²) in [6, 6.07) is 4.63. The first-order chi connectivity index (χ1) is 8.65. The fourth-order valence-corrected chi connectivity index (χ4v) is 1.81. The fourth-order valence-electron chi connectivity index (χ4n) is 1.67. The number of esters is 1. The Morgan fingerprint density at radius 3 is 2.89 bits per heavy atom. The molecule has 0 atom stereocenters. The van der Waals surface area contributed by atoms with E-state index in [9.17, 15) is 9.59 Å². The fraction of sp³-hybridized carbons (Fsp3) is 0.231. The minimum Gasteiger partial charge on any atom is -0.462 e. The summed E-state index contributed by atoms with van der Waals surface area (Å²) in [6.07, 6.45) is 2.95. The number of ether oxygens (including phenoxy) is 1. The Morgan fingerprint density at radius 1 is 1.39 bits per heavy atom. The van der Waals surface area contributed by atoms with Crippen molar-refractivity contribution in [1.29, 1.82) is 0 Å². The highest BCUT2D eigenvalue weighted by atomic mass is 35.5. The molecule has 0 spiro atoms. The van der Waals surface area contributed by atoms with Crippen LogP contribution < -0.4 is 10.2 Å². The normalized spacial score (nSPS) is 14.7. The number of carbonyl (C=O) groups excluding carboxylic acids is 1. The quantitative estimate of drug-likeness (QED) is 0.618. The van der Waals surface area contributed by atoms with E-state index in [0.29, 0.717) is 16.7 Å². The molecular weight excluding hydrogens is 256 g/mol. The van der Waals surface area contributed by atoms with Gasteiger partial charge in [-0.05, 0) is 25.0 Å². The molecule has 0 radical (unpaired) electrons. The second kappa shape index (κ2) is 4.14. The number of halogens is 1. The lowest BCUT2D eigenvalue weighted by atomic mass is 10.2. The number of rotatable bonds is 2. The second-order valence-corrected chi connectivity index (χ2v) is 4.67. The van der Waals surface area contributed by atoms with Crippen molar-refractivity contribution in [3.05, 3.63) is 39.7 Å². The molecule has 92 valence electrons. The van der Waals surface area contributed by atoms with Crippen molar-refractivity contribution in [2.24, 2.45) is 5.92 Å². The minimum absolute atomic E-state index is 0.0259. The molecule has 18 heavy (non-hydrogen) atoms. The third-order valence-corrected chi connectivity index (χ3v) is 3.09. The van der Waals surface area contributed by atoms with Gasteiger partial charge in [-0.25, -0.2) is 0 Å². The Bertz CT molecular complexity index is 685. The predicted molar refractivity (Wildman–Crippen MR) is 65.9 cm³/mol. The van der Waals surface area contributed by atoms with E-state index in [4.69, 9.17) is 20.8 Å². The van der Waals surface area contributed by atoms with Crippen molar-refractivity contribution < 1.29 is 13.9 Å². The first kappa shape index (κ1) is 11.3. The summed E-state index contributed by atoms with van der Waals surface area (Å²) in [7, 11) is 0. The molecule has 2 aromatic rings. The smallest absolute Gasteiger partial charge is 0.314 e. The van der Waals surface area contributed by atoms with Crippen molar-refractivity contribution in [3.8, 4) is 5.75 Å². The number of carbonyl (C=O) groups is 1. The van der Waals surface area contributed by atoms with Crippen molar-refractivity contribution >= 4 is 28.5 Å². The average Bonchev–Trinajstić information content (AvgIpc) is 3.18. The average molecular weight is 265 g/mol. The van der Waals surface area contributed by atoms with E-state index in [0.717, 1.165) is 12.8 Å². The van der Waals surface area contributed by atoms with E-state index in [2.05, 4.69) is 0 Å². The van der Waals surface area contributed by atoms with E-state index in [1.54, 1.807) is 12.1 Å². The largest absolute Gasteiger partial charge is 0.462 e. The van der Waals surface area contributed by atoms with Crippen LogP contribution in [0.5, 0.6) is 5.75 Å². The molecule has 0 N–H and O–H groups in total. The van der Waals surface area contributed by atoms with Crippen LogP contribution in [-0.2, 0) is 4.79 Å². The first-order valence-corrected chi connectivity index (χ1v) is 5.96. The maximum Gasteiger partial charge on any atom is 0.314 e. The summed E-state index contributed by atoms with van der Waals surface area (Å²) in [5.41, 5.74) is 0.0588. The molecule has 1 aromatic carbocycles. The van der Waals surface area contributed by atoms with E-state index in [1.807, 2.05) is 0 Å². The second-order valence-electron chi connectivity index (χ2n) is 4.27. The SMILES string of the molecule is O=C(Oc1ccc2c(=O)c(Cl)coc2c1)C1CC1. The molecule has 1 aliphatic rings. The molecule has 0 aliphatic heterocycles. The minimum atomic E-state index is -0.294. The Morgan fingerprint density at radius 2 is 2.17 bits per heavy atom. The summed E-state index contributed by atoms with van der Waals surface area (Å²) in [5.74, 6) is 0.174. The Hall–Kier alpha value is -1.81. The van der Waals surface area contributed by atoms with Gasteiger partial charge in [-0.15, -0.1) is 0 Å². The first-order valence-electron chi connectivity index (χ1n) is 5.58. The number of hydrogen-bond acceptors (Lipinski definition) is 4. The highest BCUT2D eigenvalue weighted by molar-refractivity contribution is 6.30. The van der Waals surface area contributed by atoms with E-state index < -0.39 is 0 Å². The van der Waals surface area contributed by atoms with Gasteiger partial charge in [-0.3, -0.25) is 9.59 Å². The molecule has 3 rings (SSSR count). The van der Waals surface area contributed by atoms with Crippen molar-refractivity contribution in [2.75, 3.05) is 0 Å². The van der Waals surface area contributed by atoms with Crippen LogP contribution in [0, 0.1) is 5.92 Å². The topological polar surface area (TPSA) is 56.5 Å². The summed E-state index contributed by atoms with van der Waals surface area (Å²) in [4.78, 5) is 23.2. The summed E-state index contributed by atoms with van der Waals surface area (Å²) in [6.45, 7) is 0. The number of hydrogen-bond donors (Lipinski definition) is 0. The monoisotopic (exact) mass is 264 g/mol. The van der Waals surface area contributed by atoms with E-state index >= 15 is 0 Å². The molecular formula is C13H9ClO4. The van der Waals surface area contributed by atoms with Gasteiger partial charge < -0.3 is 9.15 Å². The van der Waals surface area contributed by atoms with Crippen LogP contribution in [0.3, 0.4) is 0 Å². The summed E-state index contributed by atoms with van der Waals surface area (Å²) < 4.78 is 10.4. The van der Waals surface area contributed by atoms with Gasteiger partial charge in [0.1, 0.15) is 22.6 Å². The molecule has 0 unspecified atom stereocenters. The third-order valence-electron chi connectivity index (χ3n) is 2.83. The highest BCUT2D eigenvalue weighted by Gasteiger charge is 2.31. The molecule has 1 saturated carbocycles. The van der Waals surface area contributed by atoms with Crippen LogP contribution in [0.15, 0.2) is 33.7 Å². The predicted octanol–water partition coefficient (Wildman–Crippen LogP) is 2.76. The molecule has 5 heteroatoms. The third kappa shape index (κ3) is 1.99. The van der Waals surface area contributed by atoms with Gasteiger partial charge in [0.2, 0.25) is 5.43 Å². The van der Waals surface area contributed by atoms with Gasteiger partial charge in [-0.2, -0.15) is 0 Å². The number of benzene rings is 1. The molecule has 1 heterocycles. The van der Waals surface area contributed by atoms with Crippen LogP contribution in [-0.4, -0.2) is 5.97 Å². The molecule has 4 nitrogen and oxygen atoms in total. The zero-order valence-electron chi connectivity index (χ0n) is 9.31. The van der Waals surface area contributed by atoms with Crippen LogP contribution in [0.1, 0.15) is 12.8 Å². The standard InChI is InChI=1S/C13H9ClO4/c14-10-6-17-11-5-8(3-4-9(11)12(10)15)18-13(16)7-1-2-7/h3-7H,1-2H2. The lowest BCUT2D eigenvalue weighted by molar-refractivity contribution is -0.135. The zero-order chi connectivity index (χ0) is 12.7. The van der Waals surface area contributed by atoms with E-state index in [-0.39, 0.29) is 22.3 Å². The molecule has 1 fully saturated rings. The lowest BCUT2D eigenvalue weighted by Crippen LogP contribution is -2.10. The number of fused-ring (bicyclic) bond motifs is 1. The molecule has 1 aromatic heterocycles. The van der Waals surface area contributed by atoms with Crippen LogP contribution in [0.2, 0.25) is 5.02 Å². The van der Waals surface area contributed by atoms with Gasteiger partial charge in [0.15, 0.2) is 0 Å². The van der Waals surface area contributed by atoms with Crippen LogP contribution >= 0.6 is 11.6 Å². The molecule has 0 bridgehead atoms. The summed E-state index contributed by atoms with van der Waals surface area (Å²) >= 11 is 5.67. The molecule has 0 amide bonds. The highest BCUT2D eigenvalue weighted by Crippen LogP contribution is 2.31. The lowest BCUT2D eigenvalue weighted by Gasteiger charge is -2.04. The van der Waals surface area contributed by atoms with Crippen LogP contribution in [0.4, 0.5) is 0 Å². The van der Waals surface area contributed by atoms with Gasteiger partial charge in [-0.1, -0.05) is 11.6 Å². The zero-order valence-corrected chi connectivity index (χ0v) is 10.1. The van der Waals surface area contributed by atoms with Gasteiger partial charge >= 0.3 is 5.97 Å². The van der Waals surface area contributed by atoms with Crippen LogP contribution in [0.25, 0.3) is 11.0 Å². The van der Waals surface area contributed by atoms with Crippen molar-refractivity contribution in [2.45, 2.75) is 12.8 Å². The maximum atomic E-state index is 11.7.